The molecule has 1 aromatic rings. The van der Waals surface area contributed by atoms with Crippen molar-refractivity contribution in [3.05, 3.63) is 33.8 Å². The van der Waals surface area contributed by atoms with Crippen molar-refractivity contribution >= 4 is 35.0 Å². The van der Waals surface area contributed by atoms with Gasteiger partial charge in [-0.05, 0) is 30.0 Å². The standard InChI is InChI=1S/C18H26Cl2N2O2/c1-12(2)5-8-16(23)21-10-17(24)22-11-18(3,4)13-6-7-14(19)15(20)9-13/h6-7,9,12H,5,8,10-11H2,1-4H3,(H,21,23)(H,22,24). The molecule has 0 radical (unpaired) electrons. The highest BCUT2D eigenvalue weighted by atomic mass is 35.5. The summed E-state index contributed by atoms with van der Waals surface area (Å²) in [6, 6.07) is 5.45. The van der Waals surface area contributed by atoms with E-state index in [4.69, 9.17) is 23.2 Å². The Morgan fingerprint density at radius 3 is 2.33 bits per heavy atom. The van der Waals surface area contributed by atoms with Gasteiger partial charge in [-0.1, -0.05) is 57.0 Å². The van der Waals surface area contributed by atoms with Crippen molar-refractivity contribution in [1.82, 2.24) is 10.6 Å². The van der Waals surface area contributed by atoms with Crippen molar-refractivity contribution in [3.63, 3.8) is 0 Å². The van der Waals surface area contributed by atoms with Gasteiger partial charge in [0.2, 0.25) is 11.8 Å². The maximum absolute atomic E-state index is 11.9. The lowest BCUT2D eigenvalue weighted by Gasteiger charge is -2.26. The summed E-state index contributed by atoms with van der Waals surface area (Å²) < 4.78 is 0. The second kappa shape index (κ2) is 9.28. The summed E-state index contributed by atoms with van der Waals surface area (Å²) in [5, 5.41) is 6.48. The molecule has 0 spiro atoms. The van der Waals surface area contributed by atoms with Crippen LogP contribution >= 0.6 is 23.2 Å². The zero-order chi connectivity index (χ0) is 18.3. The fourth-order valence-electron chi connectivity index (χ4n) is 2.09. The van der Waals surface area contributed by atoms with E-state index in [1.165, 1.54) is 0 Å². The molecule has 0 unspecified atom stereocenters. The van der Waals surface area contributed by atoms with E-state index >= 15 is 0 Å². The molecule has 6 heteroatoms. The minimum atomic E-state index is -0.300. The molecule has 0 saturated heterocycles. The van der Waals surface area contributed by atoms with Gasteiger partial charge in [0.15, 0.2) is 0 Å². The highest BCUT2D eigenvalue weighted by Crippen LogP contribution is 2.29. The molecule has 2 N–H and O–H groups in total. The Labute approximate surface area is 154 Å². The summed E-state index contributed by atoms with van der Waals surface area (Å²) in [6.45, 7) is 8.57. The largest absolute Gasteiger partial charge is 0.354 e. The summed E-state index contributed by atoms with van der Waals surface area (Å²) in [4.78, 5) is 23.5. The van der Waals surface area contributed by atoms with Crippen LogP contribution in [0.25, 0.3) is 0 Å². The molecule has 0 aliphatic heterocycles. The average Bonchev–Trinajstić information content (AvgIpc) is 2.51. The van der Waals surface area contributed by atoms with Crippen molar-refractivity contribution in [3.8, 4) is 0 Å². The van der Waals surface area contributed by atoms with Gasteiger partial charge in [-0.15, -0.1) is 0 Å². The number of amides is 2. The van der Waals surface area contributed by atoms with E-state index in [1.54, 1.807) is 6.07 Å². The number of halogens is 2. The van der Waals surface area contributed by atoms with Gasteiger partial charge < -0.3 is 10.6 Å². The maximum Gasteiger partial charge on any atom is 0.239 e. The predicted octanol–water partition coefficient (Wildman–Crippen LogP) is 3.94. The molecule has 0 aliphatic rings. The van der Waals surface area contributed by atoms with E-state index < -0.39 is 0 Å². The minimum Gasteiger partial charge on any atom is -0.354 e. The second-order valence-electron chi connectivity index (χ2n) is 7.00. The predicted molar refractivity (Wildman–Crippen MR) is 99.6 cm³/mol. The van der Waals surface area contributed by atoms with Gasteiger partial charge in [0.25, 0.3) is 0 Å². The first-order chi connectivity index (χ1) is 11.1. The van der Waals surface area contributed by atoms with E-state index in [-0.39, 0.29) is 23.8 Å². The lowest BCUT2D eigenvalue weighted by Crippen LogP contribution is -2.42. The number of hydrogen-bond donors (Lipinski definition) is 2. The normalized spacial score (nSPS) is 11.5. The van der Waals surface area contributed by atoms with Crippen LogP contribution in [-0.2, 0) is 15.0 Å². The summed E-state index contributed by atoms with van der Waals surface area (Å²) in [6.07, 6.45) is 1.26. The zero-order valence-electron chi connectivity index (χ0n) is 14.7. The molecule has 0 aromatic heterocycles. The molecular weight excluding hydrogens is 347 g/mol. The van der Waals surface area contributed by atoms with Crippen LogP contribution in [-0.4, -0.2) is 24.9 Å². The van der Waals surface area contributed by atoms with Gasteiger partial charge in [-0.25, -0.2) is 0 Å². The Bertz CT molecular complexity index is 586. The highest BCUT2D eigenvalue weighted by Gasteiger charge is 2.22. The molecule has 0 fully saturated rings. The smallest absolute Gasteiger partial charge is 0.239 e. The minimum absolute atomic E-state index is 0.00557. The van der Waals surface area contributed by atoms with E-state index in [0.29, 0.717) is 28.9 Å². The molecule has 1 rings (SSSR count). The number of carbonyl (C=O) groups is 2. The molecule has 0 heterocycles. The Morgan fingerprint density at radius 2 is 1.75 bits per heavy atom. The van der Waals surface area contributed by atoms with Crippen LogP contribution in [0.3, 0.4) is 0 Å². The van der Waals surface area contributed by atoms with Crippen LogP contribution in [0.5, 0.6) is 0 Å². The van der Waals surface area contributed by atoms with E-state index in [9.17, 15) is 9.59 Å². The lowest BCUT2D eigenvalue weighted by molar-refractivity contribution is -0.126. The second-order valence-corrected chi connectivity index (χ2v) is 7.81. The molecule has 4 nitrogen and oxygen atoms in total. The van der Waals surface area contributed by atoms with Gasteiger partial charge in [0.1, 0.15) is 0 Å². The van der Waals surface area contributed by atoms with E-state index in [1.807, 2.05) is 26.0 Å². The molecule has 0 saturated carbocycles. The molecule has 134 valence electrons. The van der Waals surface area contributed by atoms with Crippen LogP contribution in [0.4, 0.5) is 0 Å². The Balaban J connectivity index is 2.44. The summed E-state index contributed by atoms with van der Waals surface area (Å²) in [7, 11) is 0. The topological polar surface area (TPSA) is 58.2 Å². The third-order valence-electron chi connectivity index (χ3n) is 3.82. The third kappa shape index (κ3) is 7.10. The summed E-state index contributed by atoms with van der Waals surface area (Å²) >= 11 is 12.0. The highest BCUT2D eigenvalue weighted by molar-refractivity contribution is 6.42. The number of carbonyl (C=O) groups excluding carboxylic acids is 2. The Kier molecular flexibility index (Phi) is 8.04. The van der Waals surface area contributed by atoms with Gasteiger partial charge in [0.05, 0.1) is 16.6 Å². The Hall–Kier alpha value is -1.26. The van der Waals surface area contributed by atoms with Gasteiger partial charge in [0, 0.05) is 18.4 Å². The quantitative estimate of drug-likeness (QED) is 0.725. The fraction of sp³-hybridized carbons (Fsp3) is 0.556. The van der Waals surface area contributed by atoms with Gasteiger partial charge >= 0.3 is 0 Å². The molecule has 0 bridgehead atoms. The summed E-state index contributed by atoms with van der Waals surface area (Å²) in [5.41, 5.74) is 0.684. The zero-order valence-corrected chi connectivity index (χ0v) is 16.2. The first kappa shape index (κ1) is 20.8. The maximum atomic E-state index is 11.9. The molecule has 1 aromatic carbocycles. The molecular formula is C18H26Cl2N2O2. The average molecular weight is 373 g/mol. The molecule has 2 amide bonds. The van der Waals surface area contributed by atoms with Crippen LogP contribution in [0.15, 0.2) is 18.2 Å². The lowest BCUT2D eigenvalue weighted by atomic mass is 9.84. The van der Waals surface area contributed by atoms with Gasteiger partial charge in [-0.3, -0.25) is 9.59 Å². The van der Waals surface area contributed by atoms with Crippen molar-refractivity contribution in [1.29, 1.82) is 0 Å². The number of hydrogen-bond acceptors (Lipinski definition) is 2. The molecule has 0 atom stereocenters. The molecule has 0 aliphatic carbocycles. The summed E-state index contributed by atoms with van der Waals surface area (Å²) in [5.74, 6) is 0.167. The SMILES string of the molecule is CC(C)CCC(=O)NCC(=O)NCC(C)(C)c1ccc(Cl)c(Cl)c1. The van der Waals surface area contributed by atoms with Crippen LogP contribution in [0.2, 0.25) is 10.0 Å². The van der Waals surface area contributed by atoms with E-state index in [2.05, 4.69) is 24.5 Å². The van der Waals surface area contributed by atoms with Crippen LogP contribution in [0, 0.1) is 5.92 Å². The number of rotatable bonds is 8. The monoisotopic (exact) mass is 372 g/mol. The van der Waals surface area contributed by atoms with Gasteiger partial charge in [-0.2, -0.15) is 0 Å². The van der Waals surface area contributed by atoms with E-state index in [0.717, 1.165) is 12.0 Å². The fourth-order valence-corrected chi connectivity index (χ4v) is 2.39. The third-order valence-corrected chi connectivity index (χ3v) is 4.56. The van der Waals surface area contributed by atoms with Crippen molar-refractivity contribution in [2.75, 3.05) is 13.1 Å². The number of nitrogens with one attached hydrogen (secondary N) is 2. The van der Waals surface area contributed by atoms with Crippen LogP contribution in [0.1, 0.15) is 46.1 Å². The van der Waals surface area contributed by atoms with Crippen molar-refractivity contribution in [2.24, 2.45) is 5.92 Å². The van der Waals surface area contributed by atoms with Crippen molar-refractivity contribution < 1.29 is 9.59 Å². The first-order valence-electron chi connectivity index (χ1n) is 8.10. The van der Waals surface area contributed by atoms with Crippen molar-refractivity contribution in [2.45, 2.75) is 46.0 Å². The molecule has 24 heavy (non-hydrogen) atoms. The number of benzene rings is 1. The van der Waals surface area contributed by atoms with Crippen LogP contribution < -0.4 is 10.6 Å². The first-order valence-corrected chi connectivity index (χ1v) is 8.86. The Morgan fingerprint density at radius 1 is 1.08 bits per heavy atom.